The first-order valence-electron chi connectivity index (χ1n) is 8.19. The van der Waals surface area contributed by atoms with Crippen LogP contribution in [-0.4, -0.2) is 29.6 Å². The molecule has 1 fully saturated rings. The summed E-state index contributed by atoms with van der Waals surface area (Å²) in [5.74, 6) is 0.0896. The Morgan fingerprint density at radius 1 is 1.04 bits per heavy atom. The van der Waals surface area contributed by atoms with Crippen molar-refractivity contribution in [2.75, 3.05) is 18.8 Å². The van der Waals surface area contributed by atoms with E-state index in [1.165, 1.54) is 18.2 Å². The smallest absolute Gasteiger partial charge is 0.338 e. The number of hydrogen-bond acceptors (Lipinski definition) is 2. The first kappa shape index (κ1) is 18.8. The van der Waals surface area contributed by atoms with Gasteiger partial charge in [0.15, 0.2) is 0 Å². The van der Waals surface area contributed by atoms with Crippen LogP contribution in [0.25, 0.3) is 0 Å². The molecule has 1 heterocycles. The molecule has 0 aromatic heterocycles. The molecule has 0 N–H and O–H groups in total. The highest BCUT2D eigenvalue weighted by Gasteiger charge is 2.31. The molecule has 1 saturated heterocycles. The van der Waals surface area contributed by atoms with E-state index in [0.717, 1.165) is 12.1 Å². The van der Waals surface area contributed by atoms with E-state index in [4.69, 9.17) is 0 Å². The molecule has 26 heavy (non-hydrogen) atoms. The summed E-state index contributed by atoms with van der Waals surface area (Å²) in [5.41, 5.74) is 0.0776. The lowest BCUT2D eigenvalue weighted by atomic mass is 10.1. The molecule has 1 aliphatic heterocycles. The molecular weight excluding hydrogens is 366 g/mol. The maximum atomic E-state index is 14.0. The third-order valence-electron chi connectivity index (χ3n) is 4.34. The van der Waals surface area contributed by atoms with Crippen LogP contribution in [0.3, 0.4) is 0 Å². The number of carbonyl (C=O) groups is 1. The molecule has 0 bridgehead atoms. The Bertz CT molecular complexity index is 776. The quantitative estimate of drug-likeness (QED) is 0.668. The topological polar surface area (TPSA) is 20.3 Å². The van der Waals surface area contributed by atoms with Crippen molar-refractivity contribution in [3.05, 3.63) is 71.0 Å². The van der Waals surface area contributed by atoms with Gasteiger partial charge in [0.2, 0.25) is 0 Å². The van der Waals surface area contributed by atoms with E-state index in [9.17, 15) is 22.4 Å². The zero-order valence-electron chi connectivity index (χ0n) is 13.8. The largest absolute Gasteiger partial charge is 0.416 e. The first-order chi connectivity index (χ1) is 12.4. The minimum absolute atomic E-state index is 0.0402. The summed E-state index contributed by atoms with van der Waals surface area (Å²) < 4.78 is 51.9. The van der Waals surface area contributed by atoms with Crippen molar-refractivity contribution in [2.24, 2.45) is 0 Å². The molecule has 1 atom stereocenters. The molecule has 3 rings (SSSR count). The molecule has 0 aliphatic carbocycles. The van der Waals surface area contributed by atoms with Crippen LogP contribution in [0, 0.1) is 5.82 Å². The number of carbonyl (C=O) groups excluding carboxylic acids is 1. The SMILES string of the molecule is O=C(c1ccc(C(F)(F)F)cc1)N1CCSC(c2ccccc2F)CC1. The average molecular weight is 383 g/mol. The van der Waals surface area contributed by atoms with Crippen molar-refractivity contribution in [1.29, 1.82) is 0 Å². The summed E-state index contributed by atoms with van der Waals surface area (Å²) in [6.07, 6.45) is -3.83. The summed E-state index contributed by atoms with van der Waals surface area (Å²) >= 11 is 1.59. The van der Waals surface area contributed by atoms with Gasteiger partial charge in [0, 0.05) is 35.2 Å². The normalized spacial score (nSPS) is 18.5. The maximum Gasteiger partial charge on any atom is 0.416 e. The third-order valence-corrected chi connectivity index (χ3v) is 5.65. The summed E-state index contributed by atoms with van der Waals surface area (Å²) in [6, 6.07) is 10.8. The number of rotatable bonds is 2. The van der Waals surface area contributed by atoms with E-state index in [2.05, 4.69) is 0 Å². The van der Waals surface area contributed by atoms with E-state index in [-0.39, 0.29) is 22.5 Å². The van der Waals surface area contributed by atoms with Crippen LogP contribution in [0.15, 0.2) is 48.5 Å². The van der Waals surface area contributed by atoms with Gasteiger partial charge in [-0.1, -0.05) is 18.2 Å². The Labute approximate surface area is 153 Å². The van der Waals surface area contributed by atoms with Gasteiger partial charge < -0.3 is 4.90 Å². The highest BCUT2D eigenvalue weighted by Crippen LogP contribution is 2.36. The molecule has 2 aromatic rings. The van der Waals surface area contributed by atoms with Gasteiger partial charge in [0.25, 0.3) is 5.91 Å². The predicted octanol–water partition coefficient (Wildman–Crippen LogP) is 5.16. The van der Waals surface area contributed by atoms with Crippen LogP contribution >= 0.6 is 11.8 Å². The zero-order chi connectivity index (χ0) is 18.7. The monoisotopic (exact) mass is 383 g/mol. The first-order valence-corrected chi connectivity index (χ1v) is 9.23. The lowest BCUT2D eigenvalue weighted by Gasteiger charge is -2.20. The van der Waals surface area contributed by atoms with Crippen LogP contribution in [0.4, 0.5) is 17.6 Å². The molecule has 138 valence electrons. The number of hydrogen-bond donors (Lipinski definition) is 0. The molecule has 1 aliphatic rings. The lowest BCUT2D eigenvalue weighted by Crippen LogP contribution is -2.33. The van der Waals surface area contributed by atoms with Crippen molar-refractivity contribution in [3.63, 3.8) is 0 Å². The Kier molecular flexibility index (Phi) is 5.55. The summed E-state index contributed by atoms with van der Waals surface area (Å²) in [4.78, 5) is 14.2. The van der Waals surface area contributed by atoms with E-state index < -0.39 is 11.7 Å². The number of thioether (sulfide) groups is 1. The highest BCUT2D eigenvalue weighted by molar-refractivity contribution is 7.99. The summed E-state index contributed by atoms with van der Waals surface area (Å²) in [5, 5.41) is -0.0402. The van der Waals surface area contributed by atoms with Crippen molar-refractivity contribution in [3.8, 4) is 0 Å². The number of halogens is 4. The fraction of sp³-hybridized carbons (Fsp3) is 0.316. The van der Waals surface area contributed by atoms with Crippen LogP contribution in [0.5, 0.6) is 0 Å². The van der Waals surface area contributed by atoms with E-state index in [1.807, 2.05) is 0 Å². The van der Waals surface area contributed by atoms with E-state index in [0.29, 0.717) is 30.8 Å². The highest BCUT2D eigenvalue weighted by atomic mass is 32.2. The van der Waals surface area contributed by atoms with Gasteiger partial charge in [-0.15, -0.1) is 0 Å². The second-order valence-corrected chi connectivity index (χ2v) is 7.35. The van der Waals surface area contributed by atoms with Crippen LogP contribution in [0.1, 0.15) is 33.2 Å². The summed E-state index contributed by atoms with van der Waals surface area (Å²) in [6.45, 7) is 0.918. The molecule has 0 radical (unpaired) electrons. The minimum atomic E-state index is -4.42. The van der Waals surface area contributed by atoms with Crippen molar-refractivity contribution < 1.29 is 22.4 Å². The van der Waals surface area contributed by atoms with Crippen LogP contribution in [-0.2, 0) is 6.18 Å². The lowest BCUT2D eigenvalue weighted by molar-refractivity contribution is -0.137. The fourth-order valence-corrected chi connectivity index (χ4v) is 4.20. The number of alkyl halides is 3. The maximum absolute atomic E-state index is 14.0. The third kappa shape index (κ3) is 4.20. The van der Waals surface area contributed by atoms with Gasteiger partial charge in [0.1, 0.15) is 5.82 Å². The molecule has 1 unspecified atom stereocenters. The Hall–Kier alpha value is -2.02. The van der Waals surface area contributed by atoms with Crippen molar-refractivity contribution in [2.45, 2.75) is 17.8 Å². The number of amides is 1. The second kappa shape index (κ2) is 7.70. The molecule has 0 saturated carbocycles. The second-order valence-electron chi connectivity index (χ2n) is 6.04. The zero-order valence-corrected chi connectivity index (χ0v) is 14.6. The van der Waals surface area contributed by atoms with Gasteiger partial charge in [-0.3, -0.25) is 4.79 Å². The Morgan fingerprint density at radius 3 is 2.38 bits per heavy atom. The van der Waals surface area contributed by atoms with Crippen LogP contribution in [0.2, 0.25) is 0 Å². The number of benzene rings is 2. The molecule has 0 spiro atoms. The number of nitrogens with zero attached hydrogens (tertiary/aromatic N) is 1. The Morgan fingerprint density at radius 2 is 1.73 bits per heavy atom. The van der Waals surface area contributed by atoms with E-state index >= 15 is 0 Å². The van der Waals surface area contributed by atoms with Crippen LogP contribution < -0.4 is 0 Å². The van der Waals surface area contributed by atoms with Gasteiger partial charge in [-0.2, -0.15) is 24.9 Å². The molecule has 2 aromatic carbocycles. The van der Waals surface area contributed by atoms with Crippen molar-refractivity contribution >= 4 is 17.7 Å². The average Bonchev–Trinajstić information content (AvgIpc) is 2.87. The molecule has 7 heteroatoms. The molecule has 1 amide bonds. The standard InChI is InChI=1S/C19H17F4NOS/c20-16-4-2-1-3-15(16)17-9-10-24(11-12-26-17)18(25)13-5-7-14(8-6-13)19(21,22)23/h1-8,17H,9-12H2. The Balaban J connectivity index is 1.69. The van der Waals surface area contributed by atoms with Gasteiger partial charge in [0.05, 0.1) is 5.56 Å². The van der Waals surface area contributed by atoms with E-state index in [1.54, 1.807) is 34.9 Å². The van der Waals surface area contributed by atoms with Gasteiger partial charge in [-0.25, -0.2) is 4.39 Å². The molecule has 2 nitrogen and oxygen atoms in total. The molecular formula is C19H17F4NOS. The fourth-order valence-electron chi connectivity index (χ4n) is 2.94. The van der Waals surface area contributed by atoms with Gasteiger partial charge >= 0.3 is 6.18 Å². The summed E-state index contributed by atoms with van der Waals surface area (Å²) in [7, 11) is 0. The van der Waals surface area contributed by atoms with Crippen molar-refractivity contribution in [1.82, 2.24) is 4.90 Å². The predicted molar refractivity (Wildman–Crippen MR) is 93.6 cm³/mol. The minimum Gasteiger partial charge on any atom is -0.338 e. The van der Waals surface area contributed by atoms with Gasteiger partial charge in [-0.05, 0) is 36.8 Å².